The Balaban J connectivity index is 2.48. The lowest BCUT2D eigenvalue weighted by Gasteiger charge is -1.89. The predicted molar refractivity (Wildman–Crippen MR) is 55.3 cm³/mol. The number of aromatic nitrogens is 2. The molecule has 0 unspecified atom stereocenters. The number of aryl methyl sites for hydroxylation is 1. The van der Waals surface area contributed by atoms with E-state index >= 15 is 0 Å². The van der Waals surface area contributed by atoms with Gasteiger partial charge in [0.05, 0.1) is 0 Å². The summed E-state index contributed by atoms with van der Waals surface area (Å²) in [7, 11) is 0. The van der Waals surface area contributed by atoms with Crippen molar-refractivity contribution in [2.24, 2.45) is 0 Å². The minimum absolute atomic E-state index is 0.0977. The van der Waals surface area contributed by atoms with Gasteiger partial charge in [-0.3, -0.25) is 4.79 Å². The summed E-state index contributed by atoms with van der Waals surface area (Å²) in [5, 5.41) is 0. The highest BCUT2D eigenvalue weighted by molar-refractivity contribution is 5.96. The van der Waals surface area contributed by atoms with E-state index in [1.165, 1.54) is 0 Å². The van der Waals surface area contributed by atoms with Crippen molar-refractivity contribution in [3.05, 3.63) is 35.8 Å². The van der Waals surface area contributed by atoms with E-state index in [0.29, 0.717) is 0 Å². The van der Waals surface area contributed by atoms with Crippen LogP contribution in [0.1, 0.15) is 23.0 Å². The molecule has 72 valence electrons. The molecule has 3 nitrogen and oxygen atoms in total. The maximum absolute atomic E-state index is 11.2. The molecule has 0 aliphatic rings. The zero-order valence-electron chi connectivity index (χ0n) is 8.22. The Bertz CT molecular complexity index is 452. The first kappa shape index (κ1) is 8.81. The first-order chi connectivity index (χ1) is 6.68. The van der Waals surface area contributed by atoms with Crippen molar-refractivity contribution in [2.45, 2.75) is 13.8 Å². The van der Waals surface area contributed by atoms with Gasteiger partial charge in [-0.1, -0.05) is 0 Å². The lowest BCUT2D eigenvalue weighted by atomic mass is 10.1. The molecular formula is C11H12N2O. The number of hydrogen-bond donors (Lipinski definition) is 2. The fraction of sp³-hybridized carbons (Fsp3) is 0.182. The van der Waals surface area contributed by atoms with E-state index in [-0.39, 0.29) is 5.78 Å². The normalized spacial score (nSPS) is 10.4. The molecule has 2 aromatic heterocycles. The summed E-state index contributed by atoms with van der Waals surface area (Å²) < 4.78 is 0. The minimum Gasteiger partial charge on any atom is -0.367 e. The summed E-state index contributed by atoms with van der Waals surface area (Å²) in [6.07, 6.45) is 3.76. The Morgan fingerprint density at radius 1 is 1.43 bits per heavy atom. The molecule has 0 saturated heterocycles. The molecule has 3 heteroatoms. The van der Waals surface area contributed by atoms with Crippen LogP contribution in [0.15, 0.2) is 24.5 Å². The summed E-state index contributed by atoms with van der Waals surface area (Å²) in [5.74, 6) is 0.0977. The number of carbonyl (C=O) groups is 1. The van der Waals surface area contributed by atoms with E-state index in [4.69, 9.17) is 0 Å². The van der Waals surface area contributed by atoms with E-state index in [1.807, 2.05) is 31.5 Å². The second kappa shape index (κ2) is 3.18. The fourth-order valence-electron chi connectivity index (χ4n) is 1.57. The van der Waals surface area contributed by atoms with E-state index in [2.05, 4.69) is 9.97 Å². The van der Waals surface area contributed by atoms with Crippen LogP contribution >= 0.6 is 0 Å². The lowest BCUT2D eigenvalue weighted by molar-refractivity contribution is 0.101. The van der Waals surface area contributed by atoms with Crippen molar-refractivity contribution >= 4 is 5.78 Å². The van der Waals surface area contributed by atoms with Gasteiger partial charge in [-0.15, -0.1) is 0 Å². The van der Waals surface area contributed by atoms with E-state index in [9.17, 15) is 4.79 Å². The standard InChI is InChI=1S/C11H12N2O/c1-7-10(8(2)14)5-11(13-7)9-3-4-12-6-9/h3-6,12-13H,1-2H3. The van der Waals surface area contributed by atoms with Gasteiger partial charge in [-0.05, 0) is 26.0 Å². The highest BCUT2D eigenvalue weighted by Gasteiger charge is 2.09. The lowest BCUT2D eigenvalue weighted by Crippen LogP contribution is -1.90. The molecule has 2 heterocycles. The molecule has 2 N–H and O–H groups in total. The molecule has 0 radical (unpaired) electrons. The summed E-state index contributed by atoms with van der Waals surface area (Å²) in [6, 6.07) is 3.86. The summed E-state index contributed by atoms with van der Waals surface area (Å²) in [5.41, 5.74) is 3.74. The molecule has 14 heavy (non-hydrogen) atoms. The monoisotopic (exact) mass is 188 g/mol. The first-order valence-electron chi connectivity index (χ1n) is 4.52. The highest BCUT2D eigenvalue weighted by atomic mass is 16.1. The number of ketones is 1. The number of carbonyl (C=O) groups excluding carboxylic acids is 1. The molecule has 2 aromatic rings. The molecule has 0 aliphatic carbocycles. The number of H-pyrrole nitrogens is 2. The van der Waals surface area contributed by atoms with Crippen LogP contribution in [0.25, 0.3) is 11.3 Å². The molecule has 0 atom stereocenters. The third-order valence-electron chi connectivity index (χ3n) is 2.30. The van der Waals surface area contributed by atoms with Gasteiger partial charge in [0.25, 0.3) is 0 Å². The molecule has 0 amide bonds. The first-order valence-corrected chi connectivity index (χ1v) is 4.52. The van der Waals surface area contributed by atoms with Crippen molar-refractivity contribution in [3.63, 3.8) is 0 Å². The van der Waals surface area contributed by atoms with Gasteiger partial charge >= 0.3 is 0 Å². The van der Waals surface area contributed by atoms with Crippen LogP contribution < -0.4 is 0 Å². The minimum atomic E-state index is 0.0977. The second-order valence-corrected chi connectivity index (χ2v) is 3.38. The largest absolute Gasteiger partial charge is 0.367 e. The van der Waals surface area contributed by atoms with Crippen LogP contribution in [0.3, 0.4) is 0 Å². The van der Waals surface area contributed by atoms with Gasteiger partial charge in [-0.25, -0.2) is 0 Å². The van der Waals surface area contributed by atoms with Gasteiger partial charge in [-0.2, -0.15) is 0 Å². The third kappa shape index (κ3) is 1.37. The van der Waals surface area contributed by atoms with Crippen molar-refractivity contribution in [2.75, 3.05) is 0 Å². The van der Waals surface area contributed by atoms with Gasteiger partial charge in [0, 0.05) is 34.9 Å². The highest BCUT2D eigenvalue weighted by Crippen LogP contribution is 2.21. The average Bonchev–Trinajstić information content (AvgIpc) is 2.70. The molecule has 0 aliphatic heterocycles. The summed E-state index contributed by atoms with van der Waals surface area (Å²) in [6.45, 7) is 3.49. The summed E-state index contributed by atoms with van der Waals surface area (Å²) in [4.78, 5) is 17.4. The van der Waals surface area contributed by atoms with Gasteiger partial charge < -0.3 is 9.97 Å². The van der Waals surface area contributed by atoms with Crippen LogP contribution in [-0.2, 0) is 0 Å². The number of aromatic amines is 2. The molecule has 0 fully saturated rings. The predicted octanol–water partition coefficient (Wildman–Crippen LogP) is 2.52. The average molecular weight is 188 g/mol. The Kier molecular flexibility index (Phi) is 2.00. The van der Waals surface area contributed by atoms with Crippen molar-refractivity contribution in [1.29, 1.82) is 0 Å². The van der Waals surface area contributed by atoms with Crippen molar-refractivity contribution < 1.29 is 4.79 Å². The molecule has 2 rings (SSSR count). The Morgan fingerprint density at radius 2 is 2.21 bits per heavy atom. The number of Topliss-reactive ketones (excluding diaryl/α,β-unsaturated/α-hetero) is 1. The van der Waals surface area contributed by atoms with E-state index in [1.54, 1.807) is 6.92 Å². The molecule has 0 spiro atoms. The fourth-order valence-corrected chi connectivity index (χ4v) is 1.57. The van der Waals surface area contributed by atoms with Gasteiger partial charge in [0.2, 0.25) is 0 Å². The van der Waals surface area contributed by atoms with Crippen LogP contribution in [0.4, 0.5) is 0 Å². The Labute approximate surface area is 82.2 Å². The Morgan fingerprint density at radius 3 is 2.71 bits per heavy atom. The molecular weight excluding hydrogens is 176 g/mol. The van der Waals surface area contributed by atoms with Crippen LogP contribution in [0.2, 0.25) is 0 Å². The van der Waals surface area contributed by atoms with Crippen LogP contribution in [0.5, 0.6) is 0 Å². The smallest absolute Gasteiger partial charge is 0.161 e. The summed E-state index contributed by atoms with van der Waals surface area (Å²) >= 11 is 0. The molecule has 0 bridgehead atoms. The molecule has 0 aromatic carbocycles. The number of nitrogens with one attached hydrogen (secondary N) is 2. The quantitative estimate of drug-likeness (QED) is 0.699. The van der Waals surface area contributed by atoms with Crippen molar-refractivity contribution in [3.8, 4) is 11.3 Å². The topological polar surface area (TPSA) is 48.6 Å². The number of hydrogen-bond acceptors (Lipinski definition) is 1. The Hall–Kier alpha value is -1.77. The van der Waals surface area contributed by atoms with Crippen LogP contribution in [-0.4, -0.2) is 15.8 Å². The second-order valence-electron chi connectivity index (χ2n) is 3.38. The van der Waals surface area contributed by atoms with Crippen molar-refractivity contribution in [1.82, 2.24) is 9.97 Å². The van der Waals surface area contributed by atoms with Gasteiger partial charge in [0.1, 0.15) is 0 Å². The SMILES string of the molecule is CC(=O)c1cc(-c2cc[nH]c2)[nH]c1C. The molecule has 0 saturated carbocycles. The zero-order valence-corrected chi connectivity index (χ0v) is 8.22. The number of rotatable bonds is 2. The maximum atomic E-state index is 11.2. The zero-order chi connectivity index (χ0) is 10.1. The van der Waals surface area contributed by atoms with E-state index in [0.717, 1.165) is 22.5 Å². The maximum Gasteiger partial charge on any atom is 0.161 e. The third-order valence-corrected chi connectivity index (χ3v) is 2.30. The van der Waals surface area contributed by atoms with Gasteiger partial charge in [0.15, 0.2) is 5.78 Å². The van der Waals surface area contributed by atoms with E-state index < -0.39 is 0 Å². The van der Waals surface area contributed by atoms with Crippen LogP contribution in [0, 0.1) is 6.92 Å².